The molecule has 5 heteroatoms. The molecule has 0 radical (unpaired) electrons. The number of carbonyl (C=O) groups is 1. The molecule has 0 unspecified atom stereocenters. The molecule has 0 atom stereocenters. The van der Waals surface area contributed by atoms with Gasteiger partial charge in [0.25, 0.3) is 5.91 Å². The number of nitrogens with zero attached hydrogens (tertiary/aromatic N) is 1. The maximum Gasteiger partial charge on any atom is 0.268 e. The van der Waals surface area contributed by atoms with Crippen LogP contribution >= 0.6 is 11.8 Å². The van der Waals surface area contributed by atoms with Gasteiger partial charge in [-0.05, 0) is 38.0 Å². The monoisotopic (exact) mass is 279 g/mol. The van der Waals surface area contributed by atoms with E-state index in [9.17, 15) is 4.79 Å². The van der Waals surface area contributed by atoms with E-state index < -0.39 is 0 Å². The highest BCUT2D eigenvalue weighted by molar-refractivity contribution is 8.00. The first kappa shape index (κ1) is 12.9. The first-order valence-electron chi connectivity index (χ1n) is 6.94. The lowest BCUT2D eigenvalue weighted by Gasteiger charge is -2.40. The molecule has 2 fully saturated rings. The van der Waals surface area contributed by atoms with Crippen molar-refractivity contribution in [1.82, 2.24) is 9.88 Å². The van der Waals surface area contributed by atoms with Crippen LogP contribution in [0.2, 0.25) is 0 Å². The predicted molar refractivity (Wildman–Crippen MR) is 79.5 cm³/mol. The minimum atomic E-state index is 0.0175. The number of nitrogen functional groups attached to an aromatic ring is 1. The van der Waals surface area contributed by atoms with Crippen molar-refractivity contribution in [3.63, 3.8) is 0 Å². The fourth-order valence-electron chi connectivity index (χ4n) is 2.69. The van der Waals surface area contributed by atoms with Crippen LogP contribution in [0, 0.1) is 0 Å². The fourth-order valence-corrected chi connectivity index (χ4v) is 3.61. The van der Waals surface area contributed by atoms with Gasteiger partial charge in [0.1, 0.15) is 5.69 Å². The number of aromatic nitrogens is 1. The smallest absolute Gasteiger partial charge is 0.268 e. The fraction of sp³-hybridized carbons (Fsp3) is 0.643. The van der Waals surface area contributed by atoms with Crippen LogP contribution in [-0.2, 0) is 0 Å². The number of hydrogen-bond acceptors (Lipinski definition) is 3. The summed E-state index contributed by atoms with van der Waals surface area (Å²) in [6, 6.07) is 2.27. The van der Waals surface area contributed by atoms with E-state index in [1.807, 2.05) is 22.5 Å². The largest absolute Gasteiger partial charge is 0.397 e. The SMILES string of the molecule is CSC1(CNC(=O)c2cc(N)cn2C2CC2)CCC1. The number of carbonyl (C=O) groups excluding carboxylic acids is 1. The molecule has 0 aliphatic heterocycles. The molecule has 1 aromatic rings. The quantitative estimate of drug-likeness (QED) is 0.870. The van der Waals surface area contributed by atoms with E-state index in [4.69, 9.17) is 5.73 Å². The van der Waals surface area contributed by atoms with Crippen molar-refractivity contribution in [3.05, 3.63) is 18.0 Å². The Hall–Kier alpha value is -1.10. The van der Waals surface area contributed by atoms with Gasteiger partial charge in [-0.1, -0.05) is 6.42 Å². The molecule has 0 spiro atoms. The van der Waals surface area contributed by atoms with Crippen molar-refractivity contribution in [2.24, 2.45) is 0 Å². The van der Waals surface area contributed by atoms with Gasteiger partial charge in [-0.15, -0.1) is 0 Å². The Balaban J connectivity index is 1.67. The van der Waals surface area contributed by atoms with Gasteiger partial charge in [0, 0.05) is 23.5 Å². The Bertz CT molecular complexity index is 483. The molecule has 4 nitrogen and oxygen atoms in total. The van der Waals surface area contributed by atoms with Crippen molar-refractivity contribution in [2.75, 3.05) is 18.5 Å². The van der Waals surface area contributed by atoms with E-state index in [1.165, 1.54) is 19.3 Å². The Morgan fingerprint density at radius 3 is 2.84 bits per heavy atom. The molecule has 1 amide bonds. The summed E-state index contributed by atoms with van der Waals surface area (Å²) >= 11 is 1.88. The summed E-state index contributed by atoms with van der Waals surface area (Å²) in [6.07, 6.45) is 10.0. The number of amides is 1. The van der Waals surface area contributed by atoms with Gasteiger partial charge >= 0.3 is 0 Å². The van der Waals surface area contributed by atoms with Gasteiger partial charge in [-0.3, -0.25) is 4.79 Å². The van der Waals surface area contributed by atoms with E-state index in [2.05, 4.69) is 11.6 Å². The summed E-state index contributed by atoms with van der Waals surface area (Å²) in [5.74, 6) is 0.0175. The molecule has 1 heterocycles. The number of rotatable bonds is 5. The minimum absolute atomic E-state index is 0.0175. The first-order chi connectivity index (χ1) is 9.13. The third-order valence-electron chi connectivity index (χ3n) is 4.31. The van der Waals surface area contributed by atoms with Crippen molar-refractivity contribution in [1.29, 1.82) is 0 Å². The molecule has 3 rings (SSSR count). The van der Waals surface area contributed by atoms with Crippen LogP contribution in [0.15, 0.2) is 12.3 Å². The summed E-state index contributed by atoms with van der Waals surface area (Å²) in [5, 5.41) is 3.09. The second-order valence-electron chi connectivity index (χ2n) is 5.72. The lowest BCUT2D eigenvalue weighted by molar-refractivity contribution is 0.0934. The first-order valence-corrected chi connectivity index (χ1v) is 8.17. The molecule has 2 aliphatic rings. The third-order valence-corrected chi connectivity index (χ3v) is 5.73. The molecule has 0 bridgehead atoms. The molecule has 3 N–H and O–H groups in total. The number of anilines is 1. The van der Waals surface area contributed by atoms with E-state index in [0.717, 1.165) is 25.1 Å². The highest BCUT2D eigenvalue weighted by atomic mass is 32.2. The Morgan fingerprint density at radius 1 is 1.58 bits per heavy atom. The zero-order valence-electron chi connectivity index (χ0n) is 11.3. The van der Waals surface area contributed by atoms with Crippen LogP contribution in [0.4, 0.5) is 5.69 Å². The van der Waals surface area contributed by atoms with E-state index in [-0.39, 0.29) is 10.7 Å². The van der Waals surface area contributed by atoms with Crippen LogP contribution in [0.1, 0.15) is 48.6 Å². The van der Waals surface area contributed by atoms with E-state index in [1.54, 1.807) is 6.07 Å². The van der Waals surface area contributed by atoms with Crippen molar-refractivity contribution in [2.45, 2.75) is 42.9 Å². The lowest BCUT2D eigenvalue weighted by Crippen LogP contribution is -2.45. The van der Waals surface area contributed by atoms with Crippen LogP contribution in [0.25, 0.3) is 0 Å². The van der Waals surface area contributed by atoms with Crippen LogP contribution in [0.5, 0.6) is 0 Å². The minimum Gasteiger partial charge on any atom is -0.397 e. The Labute approximate surface area is 118 Å². The van der Waals surface area contributed by atoms with Gasteiger partial charge in [0.15, 0.2) is 0 Å². The van der Waals surface area contributed by atoms with E-state index >= 15 is 0 Å². The average molecular weight is 279 g/mol. The highest BCUT2D eigenvalue weighted by Gasteiger charge is 2.36. The van der Waals surface area contributed by atoms with E-state index in [0.29, 0.717) is 11.7 Å². The van der Waals surface area contributed by atoms with Crippen molar-refractivity contribution in [3.8, 4) is 0 Å². The van der Waals surface area contributed by atoms with Crippen LogP contribution in [0.3, 0.4) is 0 Å². The molecule has 19 heavy (non-hydrogen) atoms. The summed E-state index contributed by atoms with van der Waals surface area (Å²) in [5.41, 5.74) is 7.22. The zero-order chi connectivity index (χ0) is 13.5. The molecule has 1 aromatic heterocycles. The summed E-state index contributed by atoms with van der Waals surface area (Å²) in [7, 11) is 0. The van der Waals surface area contributed by atoms with Gasteiger partial charge in [-0.25, -0.2) is 0 Å². The molecule has 0 saturated heterocycles. The van der Waals surface area contributed by atoms with Crippen molar-refractivity contribution < 1.29 is 4.79 Å². The maximum atomic E-state index is 12.3. The predicted octanol–water partition coefficient (Wildman–Crippen LogP) is 2.42. The highest BCUT2D eigenvalue weighted by Crippen LogP contribution is 2.42. The maximum absolute atomic E-state index is 12.3. The molecule has 2 aliphatic carbocycles. The number of hydrogen-bond donors (Lipinski definition) is 2. The Morgan fingerprint density at radius 2 is 2.32 bits per heavy atom. The summed E-state index contributed by atoms with van der Waals surface area (Å²) in [6.45, 7) is 0.767. The zero-order valence-corrected chi connectivity index (χ0v) is 12.1. The normalized spacial score (nSPS) is 20.9. The van der Waals surface area contributed by atoms with Gasteiger partial charge in [-0.2, -0.15) is 11.8 Å². The molecule has 104 valence electrons. The number of nitrogens with one attached hydrogen (secondary N) is 1. The van der Waals surface area contributed by atoms with Gasteiger partial charge < -0.3 is 15.6 Å². The molecular formula is C14H21N3OS. The van der Waals surface area contributed by atoms with Crippen LogP contribution in [-0.4, -0.2) is 28.0 Å². The second-order valence-corrected chi connectivity index (χ2v) is 6.99. The number of nitrogens with two attached hydrogens (primary N) is 1. The van der Waals surface area contributed by atoms with Gasteiger partial charge in [0.05, 0.1) is 5.69 Å². The summed E-state index contributed by atoms with van der Waals surface area (Å²) < 4.78 is 2.31. The molecule has 2 saturated carbocycles. The van der Waals surface area contributed by atoms with Gasteiger partial charge in [0.2, 0.25) is 0 Å². The summed E-state index contributed by atoms with van der Waals surface area (Å²) in [4.78, 5) is 12.3. The second kappa shape index (κ2) is 4.78. The van der Waals surface area contributed by atoms with Crippen molar-refractivity contribution >= 4 is 23.4 Å². The van der Waals surface area contributed by atoms with Crippen LogP contribution < -0.4 is 11.1 Å². The third kappa shape index (κ3) is 2.48. The average Bonchev–Trinajstić information content (AvgIpc) is 3.11. The lowest BCUT2D eigenvalue weighted by atomic mass is 9.84. The standard InChI is InChI=1S/C14H21N3OS/c1-19-14(5-2-6-14)9-16-13(18)12-7-10(15)8-17(12)11-3-4-11/h7-8,11H,2-6,9,15H2,1H3,(H,16,18). The molecular weight excluding hydrogens is 258 g/mol. The topological polar surface area (TPSA) is 60.1 Å². The molecule has 0 aromatic carbocycles. The Kier molecular flexibility index (Phi) is 3.25. The number of thioether (sulfide) groups is 1.